The number of methoxy groups -OCH3 is 1. The number of thiophene rings is 1. The van der Waals surface area contributed by atoms with Crippen LogP contribution in [0, 0.1) is 6.92 Å². The van der Waals surface area contributed by atoms with Crippen molar-refractivity contribution < 1.29 is 19.1 Å². The summed E-state index contributed by atoms with van der Waals surface area (Å²) < 4.78 is 10.7. The summed E-state index contributed by atoms with van der Waals surface area (Å²) in [6, 6.07) is 13.5. The number of amides is 1. The van der Waals surface area contributed by atoms with Crippen LogP contribution in [-0.4, -0.2) is 25.2 Å². The topological polar surface area (TPSA) is 77.0 Å². The Morgan fingerprint density at radius 3 is 2.66 bits per heavy atom. The molecule has 1 aromatic heterocycles. The van der Waals surface area contributed by atoms with Gasteiger partial charge in [-0.2, -0.15) is 5.10 Å². The van der Waals surface area contributed by atoms with Crippen LogP contribution in [0.3, 0.4) is 0 Å². The maximum Gasteiger partial charge on any atom is 0.353 e. The summed E-state index contributed by atoms with van der Waals surface area (Å²) in [6.07, 6.45) is 1.45. The minimum absolute atomic E-state index is 0.290. The highest BCUT2D eigenvalue weighted by atomic mass is 35.5. The molecule has 6 nitrogen and oxygen atoms in total. The van der Waals surface area contributed by atoms with Crippen LogP contribution >= 0.6 is 22.9 Å². The highest BCUT2D eigenvalue weighted by Gasteiger charge is 2.13. The second-order valence-electron chi connectivity index (χ2n) is 5.96. The first-order chi connectivity index (χ1) is 14.0. The van der Waals surface area contributed by atoms with E-state index in [0.717, 1.165) is 5.56 Å². The van der Waals surface area contributed by atoms with Crippen molar-refractivity contribution in [1.29, 1.82) is 0 Å². The highest BCUT2D eigenvalue weighted by molar-refractivity contribution is 7.12. The van der Waals surface area contributed by atoms with Crippen molar-refractivity contribution in [2.75, 3.05) is 7.11 Å². The smallest absolute Gasteiger partial charge is 0.353 e. The van der Waals surface area contributed by atoms with Crippen molar-refractivity contribution in [2.24, 2.45) is 5.10 Å². The summed E-state index contributed by atoms with van der Waals surface area (Å²) in [5.41, 5.74) is 4.37. The Labute approximate surface area is 176 Å². The van der Waals surface area contributed by atoms with Gasteiger partial charge in [0.05, 0.1) is 23.9 Å². The second kappa shape index (κ2) is 9.36. The Morgan fingerprint density at radius 1 is 1.14 bits per heavy atom. The molecular formula is C21H17ClN2O4S. The number of rotatable bonds is 6. The Balaban J connectivity index is 1.68. The summed E-state index contributed by atoms with van der Waals surface area (Å²) in [5, 5.41) is 6.10. The summed E-state index contributed by atoms with van der Waals surface area (Å²) in [5.74, 6) is -0.216. The fourth-order valence-electron chi connectivity index (χ4n) is 2.42. The van der Waals surface area contributed by atoms with Crippen LogP contribution in [0.15, 0.2) is 59.0 Å². The van der Waals surface area contributed by atoms with Crippen LogP contribution in [0.25, 0.3) is 0 Å². The van der Waals surface area contributed by atoms with Crippen LogP contribution in [0.2, 0.25) is 5.02 Å². The maximum absolute atomic E-state index is 12.2. The first kappa shape index (κ1) is 20.6. The molecule has 0 saturated carbocycles. The van der Waals surface area contributed by atoms with E-state index in [1.165, 1.54) is 24.7 Å². The lowest BCUT2D eigenvalue weighted by atomic mass is 10.1. The molecule has 1 N–H and O–H groups in total. The van der Waals surface area contributed by atoms with E-state index in [2.05, 4.69) is 10.5 Å². The van der Waals surface area contributed by atoms with Gasteiger partial charge in [-0.25, -0.2) is 10.2 Å². The Hall–Kier alpha value is -3.16. The minimum Gasteiger partial charge on any atom is -0.493 e. The van der Waals surface area contributed by atoms with Gasteiger partial charge in [-0.3, -0.25) is 4.79 Å². The van der Waals surface area contributed by atoms with Crippen molar-refractivity contribution in [3.8, 4) is 11.5 Å². The summed E-state index contributed by atoms with van der Waals surface area (Å²) in [6.45, 7) is 1.89. The number of hydrogen-bond donors (Lipinski definition) is 1. The van der Waals surface area contributed by atoms with Gasteiger partial charge in [0.2, 0.25) is 0 Å². The number of nitrogens with one attached hydrogen (secondary N) is 1. The van der Waals surface area contributed by atoms with Gasteiger partial charge < -0.3 is 9.47 Å². The predicted octanol–water partition coefficient (Wildman–Crippen LogP) is 4.70. The van der Waals surface area contributed by atoms with E-state index in [9.17, 15) is 9.59 Å². The average molecular weight is 429 g/mol. The molecule has 1 amide bonds. The van der Waals surface area contributed by atoms with Gasteiger partial charge in [-0.05, 0) is 59.8 Å². The molecule has 1 heterocycles. The maximum atomic E-state index is 12.2. The van der Waals surface area contributed by atoms with Crippen LogP contribution in [0.5, 0.6) is 11.5 Å². The predicted molar refractivity (Wildman–Crippen MR) is 114 cm³/mol. The van der Waals surface area contributed by atoms with Gasteiger partial charge in [-0.15, -0.1) is 11.3 Å². The van der Waals surface area contributed by atoms with E-state index in [1.54, 1.807) is 53.9 Å². The molecule has 8 heteroatoms. The largest absolute Gasteiger partial charge is 0.493 e. The van der Waals surface area contributed by atoms with E-state index in [1.807, 2.05) is 6.92 Å². The zero-order valence-corrected chi connectivity index (χ0v) is 17.2. The third-order valence-corrected chi connectivity index (χ3v) is 5.02. The molecule has 2 aromatic carbocycles. The van der Waals surface area contributed by atoms with E-state index < -0.39 is 11.9 Å². The molecule has 0 atom stereocenters. The minimum atomic E-state index is -0.457. The first-order valence-corrected chi connectivity index (χ1v) is 9.77. The van der Waals surface area contributed by atoms with E-state index in [0.29, 0.717) is 32.5 Å². The monoisotopic (exact) mass is 428 g/mol. The SMILES string of the molecule is COc1cc(/C=N/NC(=O)c2ccc(C)cc2Cl)ccc1OC(=O)c1cccs1. The second-order valence-corrected chi connectivity index (χ2v) is 7.31. The highest BCUT2D eigenvalue weighted by Crippen LogP contribution is 2.29. The van der Waals surface area contributed by atoms with Crippen LogP contribution in [0.4, 0.5) is 0 Å². The van der Waals surface area contributed by atoms with Crippen LogP contribution < -0.4 is 14.9 Å². The van der Waals surface area contributed by atoms with E-state index in [-0.39, 0.29) is 0 Å². The Kier molecular flexibility index (Phi) is 6.64. The van der Waals surface area contributed by atoms with Crippen molar-refractivity contribution in [3.63, 3.8) is 0 Å². The van der Waals surface area contributed by atoms with E-state index >= 15 is 0 Å². The molecule has 0 spiro atoms. The zero-order chi connectivity index (χ0) is 20.8. The molecule has 0 aliphatic heterocycles. The van der Waals surface area contributed by atoms with Crippen molar-refractivity contribution in [3.05, 3.63) is 80.5 Å². The average Bonchev–Trinajstić information content (AvgIpc) is 3.23. The Morgan fingerprint density at radius 2 is 1.97 bits per heavy atom. The fraction of sp³-hybridized carbons (Fsp3) is 0.0952. The van der Waals surface area contributed by atoms with Gasteiger partial charge in [0.1, 0.15) is 4.88 Å². The molecule has 148 valence electrons. The molecule has 3 aromatic rings. The van der Waals surface area contributed by atoms with Crippen LogP contribution in [-0.2, 0) is 0 Å². The molecule has 29 heavy (non-hydrogen) atoms. The lowest BCUT2D eigenvalue weighted by Crippen LogP contribution is -2.18. The third-order valence-electron chi connectivity index (χ3n) is 3.86. The molecular weight excluding hydrogens is 412 g/mol. The quantitative estimate of drug-likeness (QED) is 0.267. The summed E-state index contributed by atoms with van der Waals surface area (Å²) in [7, 11) is 1.47. The first-order valence-electron chi connectivity index (χ1n) is 8.51. The van der Waals surface area contributed by atoms with Crippen molar-refractivity contribution >= 4 is 41.0 Å². The number of benzene rings is 2. The van der Waals surface area contributed by atoms with Crippen molar-refractivity contribution in [2.45, 2.75) is 6.92 Å². The number of hydrogen-bond acceptors (Lipinski definition) is 6. The van der Waals surface area contributed by atoms with Crippen LogP contribution in [0.1, 0.15) is 31.2 Å². The number of ether oxygens (including phenoxy) is 2. The van der Waals surface area contributed by atoms with Gasteiger partial charge >= 0.3 is 5.97 Å². The standard InChI is InChI=1S/C21H17ClN2O4S/c1-13-5-7-15(16(22)10-13)20(25)24-23-12-14-6-8-17(18(11-14)27-2)28-21(26)19-4-3-9-29-19/h3-12H,1-2H3,(H,24,25)/b23-12+. The lowest BCUT2D eigenvalue weighted by Gasteiger charge is -2.09. The lowest BCUT2D eigenvalue weighted by molar-refractivity contribution is 0.0734. The fourth-order valence-corrected chi connectivity index (χ4v) is 3.34. The third kappa shape index (κ3) is 5.22. The zero-order valence-electron chi connectivity index (χ0n) is 15.6. The number of nitrogens with zero attached hydrogens (tertiary/aromatic N) is 1. The molecule has 0 saturated heterocycles. The van der Waals surface area contributed by atoms with Gasteiger partial charge in [-0.1, -0.05) is 23.7 Å². The van der Waals surface area contributed by atoms with Gasteiger partial charge in [0.15, 0.2) is 11.5 Å². The normalized spacial score (nSPS) is 10.7. The number of hydrazone groups is 1. The number of carbonyl (C=O) groups excluding carboxylic acids is 2. The molecule has 0 radical (unpaired) electrons. The summed E-state index contributed by atoms with van der Waals surface area (Å²) in [4.78, 5) is 24.8. The molecule has 0 aliphatic carbocycles. The molecule has 3 rings (SSSR count). The van der Waals surface area contributed by atoms with Gasteiger partial charge in [0, 0.05) is 0 Å². The number of halogens is 1. The molecule has 0 unspecified atom stereocenters. The summed E-state index contributed by atoms with van der Waals surface area (Å²) >= 11 is 7.38. The van der Waals surface area contributed by atoms with Crippen molar-refractivity contribution in [1.82, 2.24) is 5.43 Å². The van der Waals surface area contributed by atoms with E-state index in [4.69, 9.17) is 21.1 Å². The molecule has 0 bridgehead atoms. The van der Waals surface area contributed by atoms with Gasteiger partial charge in [0.25, 0.3) is 5.91 Å². The number of aryl methyl sites for hydroxylation is 1. The number of esters is 1. The Bertz CT molecular complexity index is 1060. The molecule has 0 fully saturated rings. The molecule has 0 aliphatic rings. The number of carbonyl (C=O) groups is 2.